The zero-order chi connectivity index (χ0) is 70.3. The van der Waals surface area contributed by atoms with Gasteiger partial charge in [-0.1, -0.05) is 331 Å². The van der Waals surface area contributed by atoms with Crippen molar-refractivity contribution in [1.29, 1.82) is 0 Å². The average molecular weight is 1400 g/mol. The molecule has 0 radical (unpaired) electrons. The van der Waals surface area contributed by atoms with Crippen LogP contribution >= 0.6 is 15.6 Å². The highest BCUT2D eigenvalue weighted by Gasteiger charge is 2.30. The summed E-state index contributed by atoms with van der Waals surface area (Å²) < 4.78 is 68.4. The van der Waals surface area contributed by atoms with Crippen LogP contribution in [0.25, 0.3) is 0 Å². The molecule has 95 heavy (non-hydrogen) atoms. The van der Waals surface area contributed by atoms with Crippen molar-refractivity contribution in [2.45, 2.75) is 401 Å². The first-order valence-corrected chi connectivity index (χ1v) is 42.2. The van der Waals surface area contributed by atoms with Gasteiger partial charge in [0.25, 0.3) is 0 Å². The number of hydrogen-bond acceptors (Lipinski definition) is 15. The predicted octanol–water partition coefficient (Wildman–Crippen LogP) is 22.0. The molecule has 6 atom stereocenters. The van der Waals surface area contributed by atoms with Crippen LogP contribution in [0.15, 0.2) is 0 Å². The second-order valence-corrected chi connectivity index (χ2v) is 32.0. The van der Waals surface area contributed by atoms with E-state index in [-0.39, 0.29) is 25.7 Å². The molecule has 0 aliphatic carbocycles. The summed E-state index contributed by atoms with van der Waals surface area (Å²) in [5, 5.41) is 10.6. The number of phosphoric acid groups is 2. The number of hydrogen-bond donors (Lipinski definition) is 3. The van der Waals surface area contributed by atoms with E-state index in [9.17, 15) is 43.2 Å². The minimum Gasteiger partial charge on any atom is -0.462 e. The molecule has 0 fully saturated rings. The standard InChI is InChI=1S/C76H148O17P2/c1-9-69(8)55-47-39-31-23-20-21-25-33-42-50-58-75(80)92-71(62-86-73(78)56-48-40-32-24-19-17-15-13-11-10-12-14-16-18-22-28-36-44-52-66(2)3)64-90-94(82,83)88-60-70(77)61-89-95(84,85)91-65-72(93-76(81)59-51-43-35-27-30-38-46-54-68(6)7)63-87-74(79)57-49-41-34-26-29-37-45-53-67(4)5/h66-72,77H,9-65H2,1-8H3,(H,82,83)(H,84,85)/t69?,70?,71-,72-/m1/s1. The number of aliphatic hydroxyl groups excluding tert-OH is 1. The van der Waals surface area contributed by atoms with Crippen molar-refractivity contribution < 1.29 is 80.2 Å². The van der Waals surface area contributed by atoms with E-state index in [2.05, 4.69) is 55.4 Å². The molecule has 0 saturated carbocycles. The van der Waals surface area contributed by atoms with Gasteiger partial charge in [-0.25, -0.2) is 9.13 Å². The van der Waals surface area contributed by atoms with Gasteiger partial charge in [0.1, 0.15) is 19.3 Å². The maximum Gasteiger partial charge on any atom is 0.472 e. The highest BCUT2D eigenvalue weighted by atomic mass is 31.2. The van der Waals surface area contributed by atoms with E-state index in [0.29, 0.717) is 37.5 Å². The minimum absolute atomic E-state index is 0.102. The topological polar surface area (TPSA) is 237 Å². The number of carbonyl (C=O) groups excluding carboxylic acids is 4. The number of rotatable bonds is 73. The first-order valence-electron chi connectivity index (χ1n) is 39.2. The number of aliphatic hydroxyl groups is 1. The Hall–Kier alpha value is -1.94. The van der Waals surface area contributed by atoms with E-state index in [1.807, 2.05) is 0 Å². The Labute approximate surface area is 581 Å². The quantitative estimate of drug-likeness (QED) is 0.0222. The molecule has 17 nitrogen and oxygen atoms in total. The number of unbranched alkanes of at least 4 members (excludes halogenated alkanes) is 38. The molecule has 0 bridgehead atoms. The van der Waals surface area contributed by atoms with Crippen LogP contribution in [0.4, 0.5) is 0 Å². The normalized spacial score (nSPS) is 14.4. The molecule has 564 valence electrons. The third kappa shape index (κ3) is 69.0. The molecule has 0 aromatic carbocycles. The fraction of sp³-hybridized carbons (Fsp3) is 0.947. The van der Waals surface area contributed by atoms with Gasteiger partial charge in [0, 0.05) is 25.7 Å². The molecule has 3 N–H and O–H groups in total. The number of phosphoric ester groups is 2. The second-order valence-electron chi connectivity index (χ2n) is 29.1. The number of carbonyl (C=O) groups is 4. The lowest BCUT2D eigenvalue weighted by Gasteiger charge is -2.21. The molecule has 0 aromatic heterocycles. The Balaban J connectivity index is 5.18. The smallest absolute Gasteiger partial charge is 0.462 e. The minimum atomic E-state index is -4.96. The van der Waals surface area contributed by atoms with Crippen molar-refractivity contribution in [3.05, 3.63) is 0 Å². The molecular formula is C76H148O17P2. The first kappa shape index (κ1) is 93.1. The van der Waals surface area contributed by atoms with Crippen molar-refractivity contribution in [2.24, 2.45) is 23.7 Å². The van der Waals surface area contributed by atoms with Crippen molar-refractivity contribution >= 4 is 39.5 Å². The SMILES string of the molecule is CCC(C)CCCCCCCCCCCCC(=O)O[C@H](COC(=O)CCCCCCCCCCCCCCCCCCCCC(C)C)COP(=O)(O)OCC(O)COP(=O)(O)OC[C@@H](COC(=O)CCCCCCCCCC(C)C)OC(=O)CCCCCCCCCC(C)C. The summed E-state index contributed by atoms with van der Waals surface area (Å²) in [5.41, 5.74) is 0. The summed E-state index contributed by atoms with van der Waals surface area (Å²) in [6.07, 6.45) is 50.2. The summed E-state index contributed by atoms with van der Waals surface area (Å²) >= 11 is 0. The molecule has 0 heterocycles. The lowest BCUT2D eigenvalue weighted by atomic mass is 9.99. The lowest BCUT2D eigenvalue weighted by Crippen LogP contribution is -2.30. The Bertz CT molecular complexity index is 1870. The fourth-order valence-electron chi connectivity index (χ4n) is 11.5. The Morgan fingerprint density at radius 3 is 0.747 bits per heavy atom. The molecule has 4 unspecified atom stereocenters. The molecule has 19 heteroatoms. The van der Waals surface area contributed by atoms with Gasteiger partial charge in [0.15, 0.2) is 12.2 Å². The van der Waals surface area contributed by atoms with E-state index >= 15 is 0 Å². The maximum absolute atomic E-state index is 13.1. The van der Waals surface area contributed by atoms with Crippen molar-refractivity contribution in [3.63, 3.8) is 0 Å². The van der Waals surface area contributed by atoms with Crippen LogP contribution in [0.3, 0.4) is 0 Å². The van der Waals surface area contributed by atoms with Crippen LogP contribution in [0.1, 0.15) is 383 Å². The summed E-state index contributed by atoms with van der Waals surface area (Å²) in [4.78, 5) is 72.7. The molecule has 0 aromatic rings. The van der Waals surface area contributed by atoms with E-state index in [1.165, 1.54) is 180 Å². The third-order valence-electron chi connectivity index (χ3n) is 17.9. The van der Waals surface area contributed by atoms with Crippen molar-refractivity contribution in [1.82, 2.24) is 0 Å². The molecule has 0 spiro atoms. The molecule has 0 saturated heterocycles. The molecule has 0 amide bonds. The van der Waals surface area contributed by atoms with Gasteiger partial charge < -0.3 is 33.8 Å². The van der Waals surface area contributed by atoms with Crippen LogP contribution in [-0.2, 0) is 65.4 Å². The summed E-state index contributed by atoms with van der Waals surface area (Å²) in [5.74, 6) is 0.902. The van der Waals surface area contributed by atoms with Gasteiger partial charge in [-0.3, -0.25) is 37.3 Å². The first-order chi connectivity index (χ1) is 45.6. The van der Waals surface area contributed by atoms with Crippen molar-refractivity contribution in [2.75, 3.05) is 39.6 Å². The molecule has 0 aliphatic heterocycles. The van der Waals surface area contributed by atoms with Crippen LogP contribution in [-0.4, -0.2) is 96.7 Å². The van der Waals surface area contributed by atoms with Crippen LogP contribution in [0.5, 0.6) is 0 Å². The molecule has 0 aliphatic rings. The van der Waals surface area contributed by atoms with Crippen LogP contribution in [0.2, 0.25) is 0 Å². The van der Waals surface area contributed by atoms with E-state index in [1.54, 1.807) is 0 Å². The summed E-state index contributed by atoms with van der Waals surface area (Å²) in [6, 6.07) is 0. The zero-order valence-electron chi connectivity index (χ0n) is 62.3. The highest BCUT2D eigenvalue weighted by Crippen LogP contribution is 2.45. The van der Waals surface area contributed by atoms with E-state index in [4.69, 9.17) is 37.0 Å². The number of esters is 4. The molecule has 0 rings (SSSR count). The monoisotopic (exact) mass is 1400 g/mol. The van der Waals surface area contributed by atoms with Gasteiger partial charge in [0.05, 0.1) is 26.4 Å². The average Bonchev–Trinajstić information content (AvgIpc) is 3.49. The van der Waals surface area contributed by atoms with Gasteiger partial charge in [-0.05, 0) is 49.4 Å². The van der Waals surface area contributed by atoms with Crippen LogP contribution < -0.4 is 0 Å². The van der Waals surface area contributed by atoms with Gasteiger partial charge in [0.2, 0.25) is 0 Å². The summed E-state index contributed by atoms with van der Waals surface area (Å²) in [7, 11) is -9.91. The van der Waals surface area contributed by atoms with Gasteiger partial charge in [-0.15, -0.1) is 0 Å². The highest BCUT2D eigenvalue weighted by molar-refractivity contribution is 7.47. The maximum atomic E-state index is 13.1. The molecular weight excluding hydrogens is 1250 g/mol. The van der Waals surface area contributed by atoms with Gasteiger partial charge >= 0.3 is 39.5 Å². The zero-order valence-corrected chi connectivity index (χ0v) is 64.1. The Morgan fingerprint density at radius 1 is 0.295 bits per heavy atom. The fourth-order valence-corrected chi connectivity index (χ4v) is 13.1. The van der Waals surface area contributed by atoms with Crippen molar-refractivity contribution in [3.8, 4) is 0 Å². The predicted molar refractivity (Wildman–Crippen MR) is 386 cm³/mol. The Kier molecular flexibility index (Phi) is 64.0. The third-order valence-corrected chi connectivity index (χ3v) is 19.8. The van der Waals surface area contributed by atoms with E-state index in [0.717, 1.165) is 108 Å². The van der Waals surface area contributed by atoms with E-state index < -0.39 is 97.5 Å². The number of ether oxygens (including phenoxy) is 4. The largest absolute Gasteiger partial charge is 0.472 e. The summed E-state index contributed by atoms with van der Waals surface area (Å²) in [6.45, 7) is 14.1. The second kappa shape index (κ2) is 65.4. The lowest BCUT2D eigenvalue weighted by molar-refractivity contribution is -0.161. The van der Waals surface area contributed by atoms with Crippen LogP contribution in [0, 0.1) is 23.7 Å². The van der Waals surface area contributed by atoms with Gasteiger partial charge in [-0.2, -0.15) is 0 Å². The Morgan fingerprint density at radius 2 is 0.505 bits per heavy atom.